The first-order chi connectivity index (χ1) is 26.1. The number of imidazole rings is 1. The lowest BCUT2D eigenvalue weighted by Gasteiger charge is -2.11. The highest BCUT2D eigenvalue weighted by atomic mass is 35.5. The van der Waals surface area contributed by atoms with Gasteiger partial charge in [0.2, 0.25) is 0 Å². The van der Waals surface area contributed by atoms with Gasteiger partial charge in [-0.2, -0.15) is 0 Å². The van der Waals surface area contributed by atoms with Crippen molar-refractivity contribution in [1.82, 2.24) is 9.97 Å². The molecule has 1 aromatic heterocycles. The fraction of sp³-hybridized carbons (Fsp3) is 0. The van der Waals surface area contributed by atoms with Crippen LogP contribution >= 0.6 is 34.8 Å². The Morgan fingerprint density at radius 2 is 1.13 bits per heavy atom. The molecular weight excluding hydrogens is 747 g/mol. The van der Waals surface area contributed by atoms with Gasteiger partial charge < -0.3 is 26.3 Å². The topological polar surface area (TPSA) is 145 Å². The number of aromatic amines is 1. The molecule has 2 amide bonds. The Labute approximate surface area is 323 Å². The first kappa shape index (κ1) is 35.9. The smallest absolute Gasteiger partial charge is 0.255 e. The number of hydrogen-bond acceptors (Lipinski definition) is 7. The summed E-state index contributed by atoms with van der Waals surface area (Å²) < 4.78 is 0. The maximum Gasteiger partial charge on any atom is 0.255 e. The van der Waals surface area contributed by atoms with Crippen LogP contribution in [0.1, 0.15) is 20.7 Å². The summed E-state index contributed by atoms with van der Waals surface area (Å²) in [5.74, 6) is -0.591. The Morgan fingerprint density at radius 3 is 1.65 bits per heavy atom. The van der Waals surface area contributed by atoms with E-state index in [9.17, 15) is 19.2 Å². The summed E-state index contributed by atoms with van der Waals surface area (Å²) in [4.78, 5) is 57.9. The van der Waals surface area contributed by atoms with E-state index in [-0.39, 0.29) is 38.2 Å². The van der Waals surface area contributed by atoms with E-state index in [0.29, 0.717) is 61.8 Å². The number of anilines is 4. The van der Waals surface area contributed by atoms with Crippen LogP contribution in [0.2, 0.25) is 15.1 Å². The van der Waals surface area contributed by atoms with Crippen molar-refractivity contribution in [3.8, 4) is 11.4 Å². The fourth-order valence-electron chi connectivity index (χ4n) is 5.44. The van der Waals surface area contributed by atoms with Gasteiger partial charge in [-0.3, -0.25) is 19.2 Å². The average Bonchev–Trinajstić information content (AvgIpc) is 3.62. The molecule has 0 bridgehead atoms. The molecule has 0 unspecified atom stereocenters. The van der Waals surface area contributed by atoms with Crippen LogP contribution in [-0.4, -0.2) is 33.3 Å². The predicted octanol–water partition coefficient (Wildman–Crippen LogP) is 9.68. The minimum Gasteiger partial charge on any atom is -0.361 e. The van der Waals surface area contributed by atoms with Crippen molar-refractivity contribution in [3.05, 3.63) is 171 Å². The van der Waals surface area contributed by atoms with E-state index in [1.807, 2.05) is 0 Å². The fourth-order valence-corrected chi connectivity index (χ4v) is 6.28. The van der Waals surface area contributed by atoms with E-state index in [0.717, 1.165) is 0 Å². The monoisotopic (exact) mass is 772 g/mol. The Balaban J connectivity index is 1.01. The zero-order valence-corrected chi connectivity index (χ0v) is 30.2. The Kier molecular flexibility index (Phi) is 10.4. The molecule has 7 rings (SSSR count). The molecule has 0 saturated carbocycles. The molecule has 5 aromatic rings. The van der Waals surface area contributed by atoms with Crippen molar-refractivity contribution in [3.63, 3.8) is 0 Å². The van der Waals surface area contributed by atoms with Gasteiger partial charge in [-0.1, -0.05) is 59.1 Å². The molecule has 0 spiro atoms. The molecule has 5 N–H and O–H groups in total. The van der Waals surface area contributed by atoms with Gasteiger partial charge >= 0.3 is 0 Å². The molecule has 54 heavy (non-hydrogen) atoms. The standard InChI is InChI=1S/C41H27Cl3N6O4/c42-30-19-27(20-31(43)37(30)50-41(54)24-11-15-29(16-12-24)46-22-26-6-2-4-8-35(26)52)39-47-33-18-17-32(36(44)38(33)49-39)48-40(53)23-9-13-28(14-10-23)45-21-25-5-1-3-7-34(25)51/h1-22,45-46H,(H,47,49)(H,48,53)(H,50,54). The summed E-state index contributed by atoms with van der Waals surface area (Å²) in [5, 5.41) is 12.3. The summed E-state index contributed by atoms with van der Waals surface area (Å²) >= 11 is 19.9. The molecule has 2 aliphatic rings. The van der Waals surface area contributed by atoms with E-state index in [2.05, 4.69) is 31.2 Å². The summed E-state index contributed by atoms with van der Waals surface area (Å²) in [7, 11) is 0. The minimum absolute atomic E-state index is 0.0975. The molecule has 0 fully saturated rings. The number of aromatic nitrogens is 2. The third-order valence-electron chi connectivity index (χ3n) is 8.32. The van der Waals surface area contributed by atoms with Crippen LogP contribution in [0.25, 0.3) is 22.4 Å². The SMILES string of the molecule is O=C1C=CC=CC1=CNc1ccc(C(=O)Nc2ccc3[nH]c(-c4cc(Cl)c(NC(=O)c5ccc(NC=C6C=CC=CC6=O)cc5)c(Cl)c4)nc3c2Cl)cc1. The van der Waals surface area contributed by atoms with Crippen LogP contribution in [0.5, 0.6) is 0 Å². The number of halogens is 3. The number of nitrogens with zero attached hydrogens (tertiary/aromatic N) is 1. The molecule has 1 heterocycles. The van der Waals surface area contributed by atoms with Crippen LogP contribution in [0, 0.1) is 0 Å². The second kappa shape index (κ2) is 15.6. The highest BCUT2D eigenvalue weighted by molar-refractivity contribution is 6.40. The maximum atomic E-state index is 13.1. The summed E-state index contributed by atoms with van der Waals surface area (Å²) in [6, 6.07) is 20.1. The minimum atomic E-state index is -0.426. The van der Waals surface area contributed by atoms with Crippen LogP contribution < -0.4 is 21.3 Å². The van der Waals surface area contributed by atoms with E-state index in [1.165, 1.54) is 12.2 Å². The number of nitrogens with one attached hydrogen (secondary N) is 5. The molecule has 10 nitrogen and oxygen atoms in total. The largest absolute Gasteiger partial charge is 0.361 e. The molecule has 0 aliphatic heterocycles. The number of fused-ring (bicyclic) bond motifs is 1. The van der Waals surface area contributed by atoms with Crippen LogP contribution in [0.4, 0.5) is 22.7 Å². The molecule has 2 aliphatic carbocycles. The molecule has 0 saturated heterocycles. The Bertz CT molecular complexity index is 2520. The van der Waals surface area contributed by atoms with E-state index in [4.69, 9.17) is 34.8 Å². The van der Waals surface area contributed by atoms with Crippen molar-refractivity contribution >= 4 is 92.0 Å². The summed E-state index contributed by atoms with van der Waals surface area (Å²) in [5.41, 5.74) is 5.33. The van der Waals surface area contributed by atoms with Gasteiger partial charge in [-0.15, -0.1) is 0 Å². The van der Waals surface area contributed by atoms with Crippen molar-refractivity contribution < 1.29 is 19.2 Å². The quantitative estimate of drug-likeness (QED) is 0.0938. The van der Waals surface area contributed by atoms with E-state index < -0.39 is 5.91 Å². The van der Waals surface area contributed by atoms with Gasteiger partial charge in [-0.05, 0) is 97.1 Å². The van der Waals surface area contributed by atoms with Crippen LogP contribution in [0.3, 0.4) is 0 Å². The molecule has 0 atom stereocenters. The zero-order chi connectivity index (χ0) is 37.8. The molecule has 13 heteroatoms. The lowest BCUT2D eigenvalue weighted by atomic mass is 10.1. The molecular formula is C41H27Cl3N6O4. The number of rotatable bonds is 9. The normalized spacial score (nSPS) is 14.9. The number of amides is 2. The van der Waals surface area contributed by atoms with E-state index >= 15 is 0 Å². The number of carbonyl (C=O) groups is 4. The highest BCUT2D eigenvalue weighted by Gasteiger charge is 2.18. The van der Waals surface area contributed by atoms with Gasteiger partial charge in [0, 0.05) is 51.6 Å². The number of H-pyrrole nitrogens is 1. The third-order valence-corrected chi connectivity index (χ3v) is 9.29. The summed E-state index contributed by atoms with van der Waals surface area (Å²) in [6.07, 6.45) is 16.5. The first-order valence-electron chi connectivity index (χ1n) is 16.3. The lowest BCUT2D eigenvalue weighted by molar-refractivity contribution is -0.111. The van der Waals surface area contributed by atoms with E-state index in [1.54, 1.807) is 122 Å². The lowest BCUT2D eigenvalue weighted by Crippen LogP contribution is -2.12. The highest BCUT2D eigenvalue weighted by Crippen LogP contribution is 2.37. The molecule has 0 radical (unpaired) electrons. The predicted molar refractivity (Wildman–Crippen MR) is 215 cm³/mol. The van der Waals surface area contributed by atoms with Crippen molar-refractivity contribution in [2.75, 3.05) is 21.3 Å². The third kappa shape index (κ3) is 7.96. The average molecular weight is 774 g/mol. The first-order valence-corrected chi connectivity index (χ1v) is 17.5. The number of carbonyl (C=O) groups excluding carboxylic acids is 4. The van der Waals surface area contributed by atoms with Gasteiger partial charge in [0.1, 0.15) is 11.3 Å². The van der Waals surface area contributed by atoms with Gasteiger partial charge in [0.05, 0.1) is 32.0 Å². The zero-order valence-electron chi connectivity index (χ0n) is 27.9. The Morgan fingerprint density at radius 1 is 0.630 bits per heavy atom. The Hall–Kier alpha value is -6.46. The maximum absolute atomic E-state index is 13.1. The molecule has 4 aromatic carbocycles. The van der Waals surface area contributed by atoms with Crippen molar-refractivity contribution in [1.29, 1.82) is 0 Å². The molecule has 266 valence electrons. The number of allylic oxidation sites excluding steroid dienone is 10. The van der Waals surface area contributed by atoms with Crippen molar-refractivity contribution in [2.24, 2.45) is 0 Å². The van der Waals surface area contributed by atoms with Gasteiger partial charge in [-0.25, -0.2) is 4.98 Å². The second-order valence-electron chi connectivity index (χ2n) is 11.9. The van der Waals surface area contributed by atoms with Crippen LogP contribution in [-0.2, 0) is 9.59 Å². The van der Waals surface area contributed by atoms with Crippen molar-refractivity contribution in [2.45, 2.75) is 0 Å². The number of hydrogen-bond donors (Lipinski definition) is 5. The number of ketones is 2. The number of benzene rings is 4. The second-order valence-corrected chi connectivity index (χ2v) is 13.1. The van der Waals surface area contributed by atoms with Gasteiger partial charge in [0.25, 0.3) is 11.8 Å². The van der Waals surface area contributed by atoms with Gasteiger partial charge in [0.15, 0.2) is 11.6 Å². The summed E-state index contributed by atoms with van der Waals surface area (Å²) in [6.45, 7) is 0. The van der Waals surface area contributed by atoms with Crippen LogP contribution in [0.15, 0.2) is 145 Å².